The number of carboxylic acid groups (broad SMARTS) is 1. The van der Waals surface area contributed by atoms with E-state index in [0.29, 0.717) is 0 Å². The van der Waals surface area contributed by atoms with Gasteiger partial charge in [0.1, 0.15) is 6.67 Å². The van der Waals surface area contributed by atoms with Crippen LogP contribution in [0.25, 0.3) is 0 Å². The van der Waals surface area contributed by atoms with Crippen LogP contribution in [-0.4, -0.2) is 17.8 Å². The Hall–Kier alpha value is -1.11. The molecule has 0 heterocycles. The molecule has 0 aliphatic heterocycles. The van der Waals surface area contributed by atoms with Crippen molar-refractivity contribution in [3.8, 4) is 6.07 Å². The van der Waals surface area contributed by atoms with Crippen molar-refractivity contribution in [2.75, 3.05) is 6.67 Å². The molecule has 0 aliphatic rings. The summed E-state index contributed by atoms with van der Waals surface area (Å²) in [6.45, 7) is -1.12. The minimum Gasteiger partial charge on any atom is -0.480 e. The molecule has 0 aromatic heterocycles. The van der Waals surface area contributed by atoms with Crippen molar-refractivity contribution in [3.05, 3.63) is 0 Å². The van der Waals surface area contributed by atoms with E-state index in [1.165, 1.54) is 6.07 Å². The highest BCUT2D eigenvalue weighted by Gasteiger charge is 2.14. The third-order valence-electron chi connectivity index (χ3n) is 0.608. The number of carboxylic acids is 1. The molecule has 0 bridgehead atoms. The van der Waals surface area contributed by atoms with E-state index in [4.69, 9.17) is 10.4 Å². The molecule has 0 rings (SSSR count). The number of halogens is 1. The third-order valence-corrected chi connectivity index (χ3v) is 0.608. The van der Waals surface area contributed by atoms with Crippen LogP contribution < -0.4 is 0 Å². The molecule has 3 nitrogen and oxygen atoms in total. The van der Waals surface area contributed by atoms with Gasteiger partial charge in [-0.1, -0.05) is 0 Å². The smallest absolute Gasteiger partial charge is 0.323 e. The first-order valence-corrected chi connectivity index (χ1v) is 1.90. The van der Waals surface area contributed by atoms with Crippen LogP contribution in [0, 0.1) is 17.2 Å². The van der Waals surface area contributed by atoms with Gasteiger partial charge in [0.2, 0.25) is 0 Å². The van der Waals surface area contributed by atoms with E-state index >= 15 is 0 Å². The number of hydrogen-bond acceptors (Lipinski definition) is 2. The standard InChI is InChI=1S/C4H4FNO2/c5-1-3(2-6)4(7)8/h3H,1H2,(H,7,8)/t3-/m1/s1. The van der Waals surface area contributed by atoms with Crippen molar-refractivity contribution in [2.24, 2.45) is 5.92 Å². The molecule has 0 saturated heterocycles. The average Bonchev–Trinajstić information content (AvgIpc) is 1.69. The van der Waals surface area contributed by atoms with Gasteiger partial charge in [-0.2, -0.15) is 5.26 Å². The Labute approximate surface area is 45.3 Å². The zero-order valence-electron chi connectivity index (χ0n) is 3.97. The van der Waals surface area contributed by atoms with E-state index < -0.39 is 18.6 Å². The Kier molecular flexibility index (Phi) is 2.56. The third kappa shape index (κ3) is 1.56. The van der Waals surface area contributed by atoms with Gasteiger partial charge >= 0.3 is 5.97 Å². The molecule has 0 fully saturated rings. The predicted molar refractivity (Wildman–Crippen MR) is 22.7 cm³/mol. The first-order chi connectivity index (χ1) is 3.72. The zero-order chi connectivity index (χ0) is 6.57. The van der Waals surface area contributed by atoms with Crippen LogP contribution in [0.2, 0.25) is 0 Å². The molecule has 0 aliphatic carbocycles. The number of carbonyl (C=O) groups is 1. The maximum atomic E-state index is 11.3. The summed E-state index contributed by atoms with van der Waals surface area (Å²) in [6.07, 6.45) is 0. The highest BCUT2D eigenvalue weighted by atomic mass is 19.1. The van der Waals surface area contributed by atoms with Crippen LogP contribution >= 0.6 is 0 Å². The highest BCUT2D eigenvalue weighted by molar-refractivity contribution is 5.72. The molecule has 4 heteroatoms. The molecule has 0 aromatic rings. The van der Waals surface area contributed by atoms with Crippen molar-refractivity contribution >= 4 is 5.97 Å². The first-order valence-electron chi connectivity index (χ1n) is 1.90. The van der Waals surface area contributed by atoms with E-state index in [9.17, 15) is 9.18 Å². The van der Waals surface area contributed by atoms with Crippen LogP contribution in [-0.2, 0) is 4.79 Å². The molecule has 0 unspecified atom stereocenters. The van der Waals surface area contributed by atoms with Crippen LogP contribution in [0.15, 0.2) is 0 Å². The molecule has 1 N–H and O–H groups in total. The van der Waals surface area contributed by atoms with Crippen LogP contribution in [0.4, 0.5) is 4.39 Å². The molecule has 8 heavy (non-hydrogen) atoms. The van der Waals surface area contributed by atoms with Crippen molar-refractivity contribution in [2.45, 2.75) is 0 Å². The SMILES string of the molecule is N#C[C@@H](CF)C(=O)O. The first kappa shape index (κ1) is 6.89. The Morgan fingerprint density at radius 1 is 2.00 bits per heavy atom. The van der Waals surface area contributed by atoms with E-state index in [-0.39, 0.29) is 0 Å². The fraction of sp³-hybridized carbons (Fsp3) is 0.500. The number of alkyl halides is 1. The molecule has 0 aromatic carbocycles. The van der Waals surface area contributed by atoms with Crippen LogP contribution in [0.1, 0.15) is 0 Å². The minimum atomic E-state index is -1.49. The van der Waals surface area contributed by atoms with Gasteiger partial charge in [-0.3, -0.25) is 4.79 Å². The summed E-state index contributed by atoms with van der Waals surface area (Å²) >= 11 is 0. The summed E-state index contributed by atoms with van der Waals surface area (Å²) < 4.78 is 11.3. The van der Waals surface area contributed by atoms with Gasteiger partial charge in [-0.15, -0.1) is 0 Å². The largest absolute Gasteiger partial charge is 0.480 e. The fourth-order valence-corrected chi connectivity index (χ4v) is 0.156. The van der Waals surface area contributed by atoms with Crippen LogP contribution in [0.3, 0.4) is 0 Å². The Morgan fingerprint density at radius 3 is 2.50 bits per heavy atom. The van der Waals surface area contributed by atoms with Gasteiger partial charge in [-0.25, -0.2) is 4.39 Å². The lowest BCUT2D eigenvalue weighted by atomic mass is 10.2. The Balaban J connectivity index is 3.76. The molecule has 0 spiro atoms. The Morgan fingerprint density at radius 2 is 2.50 bits per heavy atom. The van der Waals surface area contributed by atoms with Crippen molar-refractivity contribution in [1.29, 1.82) is 5.26 Å². The van der Waals surface area contributed by atoms with Crippen LogP contribution in [0.5, 0.6) is 0 Å². The highest BCUT2D eigenvalue weighted by Crippen LogP contribution is 1.93. The summed E-state index contributed by atoms with van der Waals surface area (Å²) in [5.41, 5.74) is 0. The van der Waals surface area contributed by atoms with Gasteiger partial charge in [0, 0.05) is 0 Å². The molecular formula is C4H4FNO2. The fourth-order valence-electron chi connectivity index (χ4n) is 0.156. The average molecular weight is 117 g/mol. The lowest BCUT2D eigenvalue weighted by molar-refractivity contribution is -0.140. The second-order valence-electron chi connectivity index (χ2n) is 1.17. The number of nitrogens with zero attached hydrogens (tertiary/aromatic N) is 1. The molecule has 44 valence electrons. The summed E-state index contributed by atoms with van der Waals surface area (Å²) in [5.74, 6) is -2.90. The zero-order valence-corrected chi connectivity index (χ0v) is 3.97. The second-order valence-corrected chi connectivity index (χ2v) is 1.17. The lowest BCUT2D eigenvalue weighted by Crippen LogP contribution is -2.12. The van der Waals surface area contributed by atoms with Crippen molar-refractivity contribution in [3.63, 3.8) is 0 Å². The van der Waals surface area contributed by atoms with Gasteiger partial charge in [0.15, 0.2) is 5.92 Å². The quantitative estimate of drug-likeness (QED) is 0.561. The number of hydrogen-bond donors (Lipinski definition) is 1. The summed E-state index contributed by atoms with van der Waals surface area (Å²) in [6, 6.07) is 1.28. The Bertz CT molecular complexity index is 128. The van der Waals surface area contributed by atoms with E-state index in [1.54, 1.807) is 0 Å². The summed E-state index contributed by atoms with van der Waals surface area (Å²) in [5, 5.41) is 15.7. The molecule has 1 atom stereocenters. The van der Waals surface area contributed by atoms with Gasteiger partial charge in [0.25, 0.3) is 0 Å². The normalized spacial score (nSPS) is 12.0. The van der Waals surface area contributed by atoms with E-state index in [1.807, 2.05) is 0 Å². The maximum Gasteiger partial charge on any atom is 0.323 e. The number of aliphatic carboxylic acids is 1. The van der Waals surface area contributed by atoms with E-state index in [2.05, 4.69) is 0 Å². The predicted octanol–water partition coefficient (Wildman–Crippen LogP) is 0.180. The summed E-state index contributed by atoms with van der Waals surface area (Å²) in [7, 11) is 0. The lowest BCUT2D eigenvalue weighted by Gasteiger charge is -1.91. The van der Waals surface area contributed by atoms with Gasteiger partial charge in [0.05, 0.1) is 6.07 Å². The molecule has 0 amide bonds. The molecule has 0 radical (unpaired) electrons. The summed E-state index contributed by atoms with van der Waals surface area (Å²) in [4.78, 5) is 9.70. The van der Waals surface area contributed by atoms with Crippen molar-refractivity contribution in [1.82, 2.24) is 0 Å². The van der Waals surface area contributed by atoms with Gasteiger partial charge < -0.3 is 5.11 Å². The monoisotopic (exact) mass is 117 g/mol. The second kappa shape index (κ2) is 2.97. The maximum absolute atomic E-state index is 11.3. The molecule has 0 saturated carbocycles. The van der Waals surface area contributed by atoms with Gasteiger partial charge in [-0.05, 0) is 0 Å². The van der Waals surface area contributed by atoms with Crippen molar-refractivity contribution < 1.29 is 14.3 Å². The minimum absolute atomic E-state index is 1.12. The van der Waals surface area contributed by atoms with E-state index in [0.717, 1.165) is 0 Å². The molecular weight excluding hydrogens is 113 g/mol. The number of nitriles is 1. The number of rotatable bonds is 2. The topological polar surface area (TPSA) is 61.1 Å².